The number of para-hydroxylation sites is 1. The van der Waals surface area contributed by atoms with E-state index in [0.29, 0.717) is 23.1 Å². The van der Waals surface area contributed by atoms with Gasteiger partial charge in [0.25, 0.3) is 11.5 Å². The molecule has 0 atom stereocenters. The number of carbonyl (C=O) groups is 2. The second kappa shape index (κ2) is 8.39. The maximum atomic E-state index is 12.7. The summed E-state index contributed by atoms with van der Waals surface area (Å²) in [5, 5.41) is 6.01. The van der Waals surface area contributed by atoms with Gasteiger partial charge >= 0.3 is 0 Å². The van der Waals surface area contributed by atoms with Crippen molar-refractivity contribution in [3.05, 3.63) is 64.4 Å². The van der Waals surface area contributed by atoms with Crippen LogP contribution in [0.1, 0.15) is 25.3 Å². The van der Waals surface area contributed by atoms with Crippen LogP contribution in [0.25, 0.3) is 10.9 Å². The van der Waals surface area contributed by atoms with Gasteiger partial charge in [-0.25, -0.2) is 9.99 Å². The fourth-order valence-electron chi connectivity index (χ4n) is 3.42. The number of aromatic nitrogens is 2. The largest absolute Gasteiger partial charge is 0.285 e. The molecule has 9 nitrogen and oxygen atoms in total. The van der Waals surface area contributed by atoms with E-state index >= 15 is 0 Å². The molecule has 1 aromatic heterocycles. The number of fused-ring (bicyclic) bond motifs is 1. The van der Waals surface area contributed by atoms with Crippen molar-refractivity contribution in [3.63, 3.8) is 0 Å². The number of hydrazone groups is 1. The molecule has 0 bridgehead atoms. The third-order valence-corrected chi connectivity index (χ3v) is 5.01. The summed E-state index contributed by atoms with van der Waals surface area (Å²) in [4.78, 5) is 42.2. The van der Waals surface area contributed by atoms with Gasteiger partial charge in [-0.15, -0.1) is 0 Å². The zero-order chi connectivity index (χ0) is 22.0. The molecule has 2 aromatic carbocycles. The molecule has 2 N–H and O–H groups in total. The van der Waals surface area contributed by atoms with Gasteiger partial charge in [0.2, 0.25) is 11.9 Å². The number of nitrogens with one attached hydrogen (secondary N) is 2. The second-order valence-corrected chi connectivity index (χ2v) is 7.17. The number of anilines is 2. The van der Waals surface area contributed by atoms with Gasteiger partial charge < -0.3 is 0 Å². The Labute approximate surface area is 178 Å². The lowest BCUT2D eigenvalue weighted by Crippen LogP contribution is -2.42. The number of hydrogen-bond acceptors (Lipinski definition) is 6. The molecule has 1 aliphatic heterocycles. The molecule has 3 aromatic rings. The first-order valence-corrected chi connectivity index (χ1v) is 10.0. The average molecular weight is 418 g/mol. The lowest BCUT2D eigenvalue weighted by molar-refractivity contribution is -0.118. The molecule has 0 radical (unpaired) electrons. The first-order chi connectivity index (χ1) is 15.0. The smallest absolute Gasteiger partial charge is 0.277 e. The van der Waals surface area contributed by atoms with Crippen molar-refractivity contribution in [1.29, 1.82) is 0 Å². The summed E-state index contributed by atoms with van der Waals surface area (Å²) in [7, 11) is 0. The summed E-state index contributed by atoms with van der Waals surface area (Å²) in [6, 6.07) is 14.4. The molecule has 0 spiro atoms. The summed E-state index contributed by atoms with van der Waals surface area (Å²) < 4.78 is 1.44. The molecule has 4 rings (SSSR count). The van der Waals surface area contributed by atoms with Gasteiger partial charge in [-0.2, -0.15) is 5.10 Å². The number of hydrazine groups is 1. The topological polar surface area (TPSA) is 109 Å². The van der Waals surface area contributed by atoms with Crippen molar-refractivity contribution in [2.24, 2.45) is 5.10 Å². The lowest BCUT2D eigenvalue weighted by atomic mass is 10.1. The van der Waals surface area contributed by atoms with E-state index in [9.17, 15) is 14.4 Å². The number of hydrogen-bond donors (Lipinski definition) is 2. The number of amides is 2. The van der Waals surface area contributed by atoms with Gasteiger partial charge in [-0.05, 0) is 43.7 Å². The number of carbonyl (C=O) groups excluding carboxylic acids is 2. The van der Waals surface area contributed by atoms with Crippen molar-refractivity contribution in [1.82, 2.24) is 15.0 Å². The number of nitrogens with zero attached hydrogens (tertiary/aromatic N) is 4. The fraction of sp³-hybridized carbons (Fsp3) is 0.227. The van der Waals surface area contributed by atoms with Crippen LogP contribution in [0.15, 0.2) is 58.4 Å². The molecule has 2 amide bonds. The van der Waals surface area contributed by atoms with E-state index in [1.807, 2.05) is 32.0 Å². The summed E-state index contributed by atoms with van der Waals surface area (Å²) in [6.45, 7) is 4.12. The third kappa shape index (κ3) is 4.02. The zero-order valence-corrected chi connectivity index (χ0v) is 17.3. The van der Waals surface area contributed by atoms with E-state index in [1.54, 1.807) is 30.3 Å². The first-order valence-electron chi connectivity index (χ1n) is 10.0. The van der Waals surface area contributed by atoms with Gasteiger partial charge in [0.05, 0.1) is 16.6 Å². The van der Waals surface area contributed by atoms with Gasteiger partial charge in [-0.1, -0.05) is 24.3 Å². The summed E-state index contributed by atoms with van der Waals surface area (Å²) in [5.74, 6) is -0.441. The Hall–Kier alpha value is -4.01. The molecule has 1 aliphatic rings. The highest BCUT2D eigenvalue weighted by molar-refractivity contribution is 6.40. The molecule has 0 fully saturated rings. The van der Waals surface area contributed by atoms with Crippen molar-refractivity contribution in [3.8, 4) is 0 Å². The molecule has 0 unspecified atom stereocenters. The molecule has 9 heteroatoms. The van der Waals surface area contributed by atoms with Crippen molar-refractivity contribution >= 4 is 40.1 Å². The maximum absolute atomic E-state index is 12.7. The third-order valence-electron chi connectivity index (χ3n) is 5.01. The molecule has 0 saturated heterocycles. The SMILES string of the molecule is CCn1c(NNC(=O)C2=NN(c3cccc(C)c3)C(=O)CC2)nc2ccccc2c1=O. The van der Waals surface area contributed by atoms with Crippen LogP contribution in [0, 0.1) is 6.92 Å². The van der Waals surface area contributed by atoms with Crippen LogP contribution in [0.3, 0.4) is 0 Å². The molecular weight excluding hydrogens is 396 g/mol. The van der Waals surface area contributed by atoms with Crippen molar-refractivity contribution in [2.45, 2.75) is 33.2 Å². The van der Waals surface area contributed by atoms with Crippen LogP contribution >= 0.6 is 0 Å². The van der Waals surface area contributed by atoms with Gasteiger partial charge in [0.1, 0.15) is 5.71 Å². The first kappa shape index (κ1) is 20.3. The van der Waals surface area contributed by atoms with Crippen molar-refractivity contribution in [2.75, 3.05) is 10.4 Å². The summed E-state index contributed by atoms with van der Waals surface area (Å²) in [6.07, 6.45) is 0.397. The Bertz CT molecular complexity index is 1260. The van der Waals surface area contributed by atoms with Crippen LogP contribution < -0.4 is 21.4 Å². The Morgan fingerprint density at radius 3 is 2.68 bits per heavy atom. The van der Waals surface area contributed by atoms with E-state index in [-0.39, 0.29) is 36.0 Å². The highest BCUT2D eigenvalue weighted by Crippen LogP contribution is 2.21. The highest BCUT2D eigenvalue weighted by atomic mass is 16.2. The van der Waals surface area contributed by atoms with E-state index in [2.05, 4.69) is 20.9 Å². The summed E-state index contributed by atoms with van der Waals surface area (Å²) >= 11 is 0. The summed E-state index contributed by atoms with van der Waals surface area (Å²) in [5.41, 5.74) is 7.42. The minimum atomic E-state index is -0.491. The second-order valence-electron chi connectivity index (χ2n) is 7.17. The molecule has 0 saturated carbocycles. The van der Waals surface area contributed by atoms with E-state index < -0.39 is 5.91 Å². The highest BCUT2D eigenvalue weighted by Gasteiger charge is 2.26. The van der Waals surface area contributed by atoms with Gasteiger partial charge in [-0.3, -0.25) is 29.8 Å². The minimum Gasteiger partial charge on any atom is -0.277 e. The molecule has 2 heterocycles. The normalized spacial score (nSPS) is 13.8. The number of rotatable bonds is 5. The average Bonchev–Trinajstić information content (AvgIpc) is 2.78. The molecular formula is C22H22N6O3. The Morgan fingerprint density at radius 1 is 1.10 bits per heavy atom. The quantitative estimate of drug-likeness (QED) is 0.619. The monoisotopic (exact) mass is 418 g/mol. The van der Waals surface area contributed by atoms with Gasteiger partial charge in [0.15, 0.2) is 0 Å². The maximum Gasteiger partial charge on any atom is 0.285 e. The fourth-order valence-corrected chi connectivity index (χ4v) is 3.42. The predicted molar refractivity (Wildman–Crippen MR) is 119 cm³/mol. The van der Waals surface area contributed by atoms with Crippen LogP contribution in [0.4, 0.5) is 11.6 Å². The van der Waals surface area contributed by atoms with Crippen LogP contribution in [0.2, 0.25) is 0 Å². The predicted octanol–water partition coefficient (Wildman–Crippen LogP) is 2.35. The molecule has 0 aliphatic carbocycles. The lowest BCUT2D eigenvalue weighted by Gasteiger charge is -2.23. The van der Waals surface area contributed by atoms with E-state index in [0.717, 1.165) is 5.56 Å². The van der Waals surface area contributed by atoms with Crippen LogP contribution in [-0.4, -0.2) is 27.1 Å². The van der Waals surface area contributed by atoms with E-state index in [1.165, 1.54) is 9.58 Å². The van der Waals surface area contributed by atoms with Crippen molar-refractivity contribution < 1.29 is 9.59 Å². The van der Waals surface area contributed by atoms with Gasteiger partial charge in [0, 0.05) is 19.4 Å². The number of aryl methyl sites for hydroxylation is 1. The molecule has 31 heavy (non-hydrogen) atoms. The van der Waals surface area contributed by atoms with E-state index in [4.69, 9.17) is 0 Å². The molecule has 158 valence electrons. The number of benzene rings is 2. The van der Waals surface area contributed by atoms with Crippen LogP contribution in [0.5, 0.6) is 0 Å². The van der Waals surface area contributed by atoms with Crippen LogP contribution in [-0.2, 0) is 16.1 Å². The Morgan fingerprint density at radius 2 is 1.90 bits per heavy atom. The zero-order valence-electron chi connectivity index (χ0n) is 17.3. The Balaban J connectivity index is 1.57. The minimum absolute atomic E-state index is 0.175. The Kier molecular flexibility index (Phi) is 5.48. The standard InChI is InChI=1S/C22H22N6O3/c1-3-27-21(31)16-9-4-5-10-17(16)23-22(27)25-24-20(30)18-11-12-19(29)28(26-18)15-8-6-7-14(2)13-15/h4-10,13H,3,11-12H2,1-2H3,(H,23,25)(H,24,30).